The third-order valence-corrected chi connectivity index (χ3v) is 6.68. The van der Waals surface area contributed by atoms with E-state index in [0.29, 0.717) is 12.1 Å². The van der Waals surface area contributed by atoms with Gasteiger partial charge in [-0.25, -0.2) is 0 Å². The molecule has 0 atom stereocenters. The summed E-state index contributed by atoms with van der Waals surface area (Å²) in [5.41, 5.74) is 3.44. The number of hydrogen-bond donors (Lipinski definition) is 1. The van der Waals surface area contributed by atoms with Crippen LogP contribution in [0.5, 0.6) is 0 Å². The molecule has 0 bridgehead atoms. The van der Waals surface area contributed by atoms with Crippen molar-refractivity contribution < 1.29 is 4.79 Å². The molecule has 1 N–H and O–H groups in total. The molecule has 2 aromatic rings. The summed E-state index contributed by atoms with van der Waals surface area (Å²) in [6.45, 7) is 17.2. The number of carbonyl (C=O) groups excluding carboxylic acids is 1. The largest absolute Gasteiger partial charge is 0.310 e. The maximum atomic E-state index is 12.3. The molecule has 1 aliphatic rings. The lowest BCUT2D eigenvalue weighted by Gasteiger charge is -2.06. The van der Waals surface area contributed by atoms with Crippen molar-refractivity contribution in [2.45, 2.75) is 71.1 Å². The number of nitrogens with one attached hydrogen (secondary N) is 1. The van der Waals surface area contributed by atoms with E-state index in [-0.39, 0.29) is 5.78 Å². The molecule has 0 saturated carbocycles. The predicted octanol–water partition coefficient (Wildman–Crippen LogP) is 8.66. The fourth-order valence-corrected chi connectivity index (χ4v) is 4.39. The van der Waals surface area contributed by atoms with Crippen LogP contribution in [-0.2, 0) is 4.79 Å². The first-order valence-electron chi connectivity index (χ1n) is 13.7. The molecule has 0 saturated heterocycles. The molecule has 38 heavy (non-hydrogen) atoms. The van der Waals surface area contributed by atoms with E-state index in [4.69, 9.17) is 0 Å². The number of aliphatic imine (C=N–C) groups is 1. The van der Waals surface area contributed by atoms with Gasteiger partial charge in [0.2, 0.25) is 0 Å². The van der Waals surface area contributed by atoms with Crippen molar-refractivity contribution in [3.8, 4) is 0 Å². The summed E-state index contributed by atoms with van der Waals surface area (Å²) in [5, 5.41) is 3.24. The van der Waals surface area contributed by atoms with Gasteiger partial charge < -0.3 is 5.32 Å². The fourth-order valence-electron chi connectivity index (χ4n) is 3.39. The van der Waals surface area contributed by atoms with Gasteiger partial charge in [0.25, 0.3) is 0 Å². The number of carbonyl (C=O) groups is 1. The molecule has 0 spiro atoms. The highest BCUT2D eigenvalue weighted by atomic mass is 32.2. The molecule has 0 unspecified atom stereocenters. The minimum absolute atomic E-state index is 0.0236. The molecule has 0 fully saturated rings. The van der Waals surface area contributed by atoms with Gasteiger partial charge in [-0.1, -0.05) is 108 Å². The van der Waals surface area contributed by atoms with Gasteiger partial charge in [-0.3, -0.25) is 14.8 Å². The second-order valence-electron chi connectivity index (χ2n) is 8.55. The number of benzene rings is 1. The Hall–Kier alpha value is -3.02. The lowest BCUT2D eigenvalue weighted by Crippen LogP contribution is -2.24. The zero-order valence-corrected chi connectivity index (χ0v) is 24.5. The zero-order valence-electron chi connectivity index (χ0n) is 23.7. The minimum atomic E-state index is 0.0236. The number of fused-ring (bicyclic) bond motifs is 1. The third kappa shape index (κ3) is 13.5. The first-order chi connectivity index (χ1) is 18.5. The summed E-state index contributed by atoms with van der Waals surface area (Å²) in [4.78, 5) is 22.9. The van der Waals surface area contributed by atoms with Gasteiger partial charge in [0, 0.05) is 39.0 Å². The van der Waals surface area contributed by atoms with Gasteiger partial charge in [0.05, 0.1) is 12.2 Å². The van der Waals surface area contributed by atoms with E-state index in [1.165, 1.54) is 32.1 Å². The Morgan fingerprint density at radius 2 is 1.74 bits per heavy atom. The quantitative estimate of drug-likeness (QED) is 0.160. The van der Waals surface area contributed by atoms with Gasteiger partial charge in [0.1, 0.15) is 0 Å². The van der Waals surface area contributed by atoms with E-state index in [1.54, 1.807) is 30.1 Å². The number of rotatable bonds is 13. The number of Topliss-reactive ketones (excluding diaryl/α,β-unsaturated/α-hetero) is 1. The standard InChI is InChI=1S/C25H32N2OS.C6H7N.C2H6/c1-4-6-7-8-9-12-17-26-19-23(28)20(3)15-16-25-22(5-2)27-18-21-13-10-11-14-24(21)29-25;1-6-4-2-3-5-7-6;1-2/h5,10-11,13-16,18,26H,2-4,6-9,12,17,19H2,1H3;2-5H,1H3;1-2H3/b16-15-;;. The van der Waals surface area contributed by atoms with Gasteiger partial charge in [-0.2, -0.15) is 0 Å². The van der Waals surface area contributed by atoms with Crippen molar-refractivity contribution >= 4 is 23.8 Å². The first kappa shape index (κ1) is 33.0. The van der Waals surface area contributed by atoms with E-state index in [1.807, 2.05) is 69.5 Å². The van der Waals surface area contributed by atoms with Crippen LogP contribution in [0.3, 0.4) is 0 Å². The van der Waals surface area contributed by atoms with Crippen molar-refractivity contribution in [3.05, 3.63) is 107 Å². The summed E-state index contributed by atoms with van der Waals surface area (Å²) < 4.78 is 0. The third-order valence-electron chi connectivity index (χ3n) is 5.53. The Balaban J connectivity index is 0.000000682. The molecule has 204 valence electrons. The van der Waals surface area contributed by atoms with Crippen LogP contribution < -0.4 is 5.32 Å². The van der Waals surface area contributed by atoms with Crippen LogP contribution in [0.15, 0.2) is 106 Å². The van der Waals surface area contributed by atoms with Crippen molar-refractivity contribution in [1.29, 1.82) is 0 Å². The van der Waals surface area contributed by atoms with E-state index in [9.17, 15) is 4.79 Å². The summed E-state index contributed by atoms with van der Waals surface area (Å²) >= 11 is 1.63. The molecule has 0 aliphatic carbocycles. The number of allylic oxidation sites excluding steroid dienone is 3. The number of ketones is 1. The molecule has 0 radical (unpaired) electrons. The predicted molar refractivity (Wildman–Crippen MR) is 167 cm³/mol. The summed E-state index contributed by atoms with van der Waals surface area (Å²) in [6, 6.07) is 14.0. The van der Waals surface area contributed by atoms with Crippen molar-refractivity contribution in [2.75, 3.05) is 13.1 Å². The highest BCUT2D eigenvalue weighted by Gasteiger charge is 2.11. The maximum absolute atomic E-state index is 12.3. The number of hydrogen-bond acceptors (Lipinski definition) is 5. The molecule has 1 aromatic carbocycles. The Kier molecular flexibility index (Phi) is 18.2. The first-order valence-corrected chi connectivity index (χ1v) is 14.5. The highest BCUT2D eigenvalue weighted by Crippen LogP contribution is 2.35. The fraction of sp³-hybridized carbons (Fsp3) is 0.364. The second kappa shape index (κ2) is 21.0. The van der Waals surface area contributed by atoms with Crippen LogP contribution in [0.2, 0.25) is 0 Å². The molecule has 1 aromatic heterocycles. The van der Waals surface area contributed by atoms with Crippen LogP contribution in [0.4, 0.5) is 0 Å². The number of thioether (sulfide) groups is 1. The average molecular weight is 532 g/mol. The van der Waals surface area contributed by atoms with Crippen LogP contribution >= 0.6 is 11.8 Å². The smallest absolute Gasteiger partial charge is 0.175 e. The van der Waals surface area contributed by atoms with Gasteiger partial charge >= 0.3 is 0 Å². The molecule has 2 heterocycles. The normalized spacial score (nSPS) is 12.0. The van der Waals surface area contributed by atoms with Crippen LogP contribution in [0.1, 0.15) is 70.6 Å². The molecule has 4 nitrogen and oxygen atoms in total. The molecular formula is C33H45N3OS. The van der Waals surface area contributed by atoms with Gasteiger partial charge in [-0.15, -0.1) is 0 Å². The molecule has 3 rings (SSSR count). The van der Waals surface area contributed by atoms with E-state index in [2.05, 4.69) is 41.4 Å². The number of aromatic nitrogens is 1. The lowest BCUT2D eigenvalue weighted by molar-refractivity contribution is -0.114. The second-order valence-corrected chi connectivity index (χ2v) is 9.63. The van der Waals surface area contributed by atoms with Crippen LogP contribution in [0, 0.1) is 6.92 Å². The lowest BCUT2D eigenvalue weighted by atomic mass is 10.1. The topological polar surface area (TPSA) is 54.4 Å². The Morgan fingerprint density at radius 1 is 1.03 bits per heavy atom. The maximum Gasteiger partial charge on any atom is 0.175 e. The number of nitrogens with zero attached hydrogens (tertiary/aromatic N) is 2. The zero-order chi connectivity index (χ0) is 28.0. The summed E-state index contributed by atoms with van der Waals surface area (Å²) in [6.07, 6.45) is 16.6. The van der Waals surface area contributed by atoms with Crippen LogP contribution in [-0.4, -0.2) is 30.1 Å². The van der Waals surface area contributed by atoms with E-state index < -0.39 is 0 Å². The van der Waals surface area contributed by atoms with E-state index in [0.717, 1.165) is 39.7 Å². The van der Waals surface area contributed by atoms with Crippen molar-refractivity contribution in [2.24, 2.45) is 4.99 Å². The van der Waals surface area contributed by atoms with Crippen molar-refractivity contribution in [3.63, 3.8) is 0 Å². The Morgan fingerprint density at radius 3 is 2.39 bits per heavy atom. The summed E-state index contributed by atoms with van der Waals surface area (Å²) in [7, 11) is 0. The van der Waals surface area contributed by atoms with Gasteiger partial charge in [0.15, 0.2) is 5.78 Å². The monoisotopic (exact) mass is 531 g/mol. The van der Waals surface area contributed by atoms with Crippen molar-refractivity contribution in [1.82, 2.24) is 10.3 Å². The Labute approximate surface area is 235 Å². The average Bonchev–Trinajstić information content (AvgIpc) is 3.13. The Bertz CT molecular complexity index is 1070. The minimum Gasteiger partial charge on any atom is -0.310 e. The molecule has 0 amide bonds. The van der Waals surface area contributed by atoms with Crippen LogP contribution in [0.25, 0.3) is 0 Å². The number of pyridine rings is 1. The molecule has 1 aliphatic heterocycles. The highest BCUT2D eigenvalue weighted by molar-refractivity contribution is 8.03. The van der Waals surface area contributed by atoms with E-state index >= 15 is 0 Å². The number of unbranched alkanes of at least 4 members (excludes halogenated alkanes) is 5. The van der Waals surface area contributed by atoms with Gasteiger partial charge in [-0.05, 0) is 50.2 Å². The molecule has 5 heteroatoms. The SMILES string of the molecule is C=CC1=C(/C=C\C(=C)C(=O)CNCCCCCCCC)Sc2ccccc2C=N1.CC.Cc1ccccn1. The summed E-state index contributed by atoms with van der Waals surface area (Å²) in [5.74, 6) is 0.0236. The molecular weight excluding hydrogens is 486 g/mol. The number of aryl methyl sites for hydroxylation is 1.